The van der Waals surface area contributed by atoms with Crippen molar-refractivity contribution in [1.29, 1.82) is 0 Å². The first kappa shape index (κ1) is 13.3. The van der Waals surface area contributed by atoms with Crippen LogP contribution in [0.15, 0.2) is 18.2 Å². The number of rotatable bonds is 1. The summed E-state index contributed by atoms with van der Waals surface area (Å²) in [4.78, 5) is 14.7. The summed E-state index contributed by atoms with van der Waals surface area (Å²) < 4.78 is 5.45. The molecule has 1 aromatic carbocycles. The fraction of sp³-hybridized carbons (Fsp3) is 0.611. The summed E-state index contributed by atoms with van der Waals surface area (Å²) >= 11 is 0. The highest BCUT2D eigenvalue weighted by Crippen LogP contribution is 2.55. The Bertz CT molecular complexity index is 597. The van der Waals surface area contributed by atoms with Crippen LogP contribution in [-0.4, -0.2) is 37.4 Å². The molecule has 3 nitrogen and oxygen atoms in total. The minimum atomic E-state index is 0.0780. The van der Waals surface area contributed by atoms with Crippen molar-refractivity contribution in [3.63, 3.8) is 0 Å². The maximum Gasteiger partial charge on any atom is 0.133 e. The third-order valence-electron chi connectivity index (χ3n) is 6.18. The van der Waals surface area contributed by atoms with Crippen LogP contribution in [0.1, 0.15) is 36.8 Å². The Balaban J connectivity index is 1.90. The van der Waals surface area contributed by atoms with E-state index in [0.29, 0.717) is 17.7 Å². The Kier molecular flexibility index (Phi) is 2.90. The van der Waals surface area contributed by atoms with Crippen molar-refractivity contribution < 1.29 is 9.53 Å². The van der Waals surface area contributed by atoms with E-state index in [1.165, 1.54) is 11.1 Å². The van der Waals surface area contributed by atoms with E-state index in [2.05, 4.69) is 30.1 Å². The molecule has 1 saturated heterocycles. The van der Waals surface area contributed by atoms with Crippen LogP contribution in [0.2, 0.25) is 0 Å². The highest BCUT2D eigenvalue weighted by Gasteiger charge is 2.54. The molecular weight excluding hydrogens is 262 g/mol. The van der Waals surface area contributed by atoms with Gasteiger partial charge >= 0.3 is 0 Å². The van der Waals surface area contributed by atoms with Crippen LogP contribution in [0, 0.1) is 5.92 Å². The van der Waals surface area contributed by atoms with E-state index >= 15 is 0 Å². The summed E-state index contributed by atoms with van der Waals surface area (Å²) in [5, 5.41) is 0. The Morgan fingerprint density at radius 1 is 1.38 bits per heavy atom. The Morgan fingerprint density at radius 3 is 3.05 bits per heavy atom. The van der Waals surface area contributed by atoms with Crippen LogP contribution in [0.25, 0.3) is 0 Å². The van der Waals surface area contributed by atoms with Gasteiger partial charge < -0.3 is 9.64 Å². The molecule has 0 aromatic heterocycles. The number of carbonyl (C=O) groups excluding carboxylic acids is 1. The van der Waals surface area contributed by atoms with Crippen molar-refractivity contribution in [1.82, 2.24) is 4.90 Å². The number of piperidine rings is 1. The van der Waals surface area contributed by atoms with Crippen LogP contribution in [0.3, 0.4) is 0 Å². The fourth-order valence-corrected chi connectivity index (χ4v) is 5.12. The number of benzene rings is 1. The zero-order valence-electron chi connectivity index (χ0n) is 12.9. The quantitative estimate of drug-likeness (QED) is 0.794. The topological polar surface area (TPSA) is 29.5 Å². The molecule has 3 heteroatoms. The Morgan fingerprint density at radius 2 is 2.24 bits per heavy atom. The summed E-state index contributed by atoms with van der Waals surface area (Å²) in [6.45, 7) is 1.10. The number of fused-ring (bicyclic) bond motifs is 1. The first-order valence-electron chi connectivity index (χ1n) is 8.03. The van der Waals surface area contributed by atoms with Gasteiger partial charge in [0, 0.05) is 24.3 Å². The molecule has 2 bridgehead atoms. The second-order valence-corrected chi connectivity index (χ2v) is 7.04. The predicted octanol–water partition coefficient (Wildman–Crippen LogP) is 2.56. The Hall–Kier alpha value is -1.35. The average Bonchev–Trinajstić information content (AvgIpc) is 2.50. The minimum absolute atomic E-state index is 0.0780. The van der Waals surface area contributed by atoms with E-state index in [9.17, 15) is 4.79 Å². The van der Waals surface area contributed by atoms with Crippen molar-refractivity contribution in [2.24, 2.45) is 5.92 Å². The molecule has 112 valence electrons. The average molecular weight is 285 g/mol. The predicted molar refractivity (Wildman–Crippen MR) is 81.8 cm³/mol. The third kappa shape index (κ3) is 1.80. The number of methoxy groups -OCH3 is 1. The van der Waals surface area contributed by atoms with E-state index in [-0.39, 0.29) is 5.41 Å². The number of ketones is 1. The van der Waals surface area contributed by atoms with E-state index in [1.54, 1.807) is 7.11 Å². The molecule has 3 atom stereocenters. The number of hydrogen-bond acceptors (Lipinski definition) is 3. The molecular formula is C18H23NO2. The van der Waals surface area contributed by atoms with E-state index in [1.807, 2.05) is 0 Å². The molecule has 1 heterocycles. The maximum absolute atomic E-state index is 12.2. The molecule has 0 unspecified atom stereocenters. The number of nitrogens with zero attached hydrogens (tertiary/aromatic N) is 1. The maximum atomic E-state index is 12.2. The van der Waals surface area contributed by atoms with E-state index < -0.39 is 0 Å². The number of Topliss-reactive ketones (excluding diaryl/α,β-unsaturated/α-hetero) is 1. The lowest BCUT2D eigenvalue weighted by molar-refractivity contribution is -0.126. The first-order chi connectivity index (χ1) is 10.1. The molecule has 1 aromatic rings. The second kappa shape index (κ2) is 4.57. The van der Waals surface area contributed by atoms with E-state index in [0.717, 1.165) is 44.4 Å². The van der Waals surface area contributed by atoms with Gasteiger partial charge in [0.25, 0.3) is 0 Å². The van der Waals surface area contributed by atoms with Crippen LogP contribution < -0.4 is 4.74 Å². The summed E-state index contributed by atoms with van der Waals surface area (Å²) in [6, 6.07) is 7.10. The van der Waals surface area contributed by atoms with Gasteiger partial charge in [-0.05, 0) is 62.0 Å². The van der Waals surface area contributed by atoms with Gasteiger partial charge in [0.2, 0.25) is 0 Å². The van der Waals surface area contributed by atoms with Gasteiger partial charge in [0.1, 0.15) is 11.5 Å². The SMILES string of the molecule is COc1ccc2c(c1)[C@@]13CCN(C)[C@@H](C2)[C@H]1CCC(=O)C3. The Labute approximate surface area is 126 Å². The van der Waals surface area contributed by atoms with Crippen LogP contribution in [0.5, 0.6) is 5.75 Å². The lowest BCUT2D eigenvalue weighted by Gasteiger charge is -2.58. The number of carbonyl (C=O) groups is 1. The number of hydrogen-bond donors (Lipinski definition) is 0. The van der Waals surface area contributed by atoms with Crippen molar-refractivity contribution in [2.75, 3.05) is 20.7 Å². The third-order valence-corrected chi connectivity index (χ3v) is 6.18. The lowest BCUT2D eigenvalue weighted by atomic mass is 9.52. The zero-order valence-corrected chi connectivity index (χ0v) is 12.9. The smallest absolute Gasteiger partial charge is 0.133 e. The van der Waals surface area contributed by atoms with Gasteiger partial charge in [-0.3, -0.25) is 4.79 Å². The first-order valence-corrected chi connectivity index (χ1v) is 8.03. The summed E-state index contributed by atoms with van der Waals surface area (Å²) in [7, 11) is 3.97. The molecule has 2 fully saturated rings. The van der Waals surface area contributed by atoms with Gasteiger partial charge in [-0.25, -0.2) is 0 Å². The standard InChI is InChI=1S/C18H23NO2/c1-19-8-7-18-11-13(20)4-6-15(18)17(19)9-12-3-5-14(21-2)10-16(12)18/h3,5,10,15,17H,4,6-9,11H2,1-2H3/t15-,17+,18-/m1/s1. The molecule has 3 aliphatic rings. The van der Waals surface area contributed by atoms with Crippen molar-refractivity contribution in [3.05, 3.63) is 29.3 Å². The minimum Gasteiger partial charge on any atom is -0.497 e. The number of likely N-dealkylation sites (N-methyl/N-ethyl adjacent to an activating group) is 1. The molecule has 0 amide bonds. The molecule has 2 aliphatic carbocycles. The van der Waals surface area contributed by atoms with E-state index in [4.69, 9.17) is 4.74 Å². The highest BCUT2D eigenvalue weighted by atomic mass is 16.5. The largest absolute Gasteiger partial charge is 0.497 e. The van der Waals surface area contributed by atoms with Gasteiger partial charge in [0.05, 0.1) is 7.11 Å². The zero-order chi connectivity index (χ0) is 14.6. The van der Waals surface area contributed by atoms with Gasteiger partial charge in [-0.15, -0.1) is 0 Å². The van der Waals surface area contributed by atoms with Gasteiger partial charge in [-0.2, -0.15) is 0 Å². The van der Waals surface area contributed by atoms with Crippen molar-refractivity contribution >= 4 is 5.78 Å². The highest BCUT2D eigenvalue weighted by molar-refractivity contribution is 5.81. The second-order valence-electron chi connectivity index (χ2n) is 7.04. The molecule has 0 radical (unpaired) electrons. The van der Waals surface area contributed by atoms with Crippen molar-refractivity contribution in [3.8, 4) is 5.75 Å². The molecule has 4 rings (SSSR count). The fourth-order valence-electron chi connectivity index (χ4n) is 5.12. The van der Waals surface area contributed by atoms with Gasteiger partial charge in [0.15, 0.2) is 0 Å². The summed E-state index contributed by atoms with van der Waals surface area (Å²) in [5.74, 6) is 2.01. The molecule has 1 saturated carbocycles. The van der Waals surface area contributed by atoms with Crippen LogP contribution >= 0.6 is 0 Å². The summed E-state index contributed by atoms with van der Waals surface area (Å²) in [6.07, 6.45) is 4.80. The van der Waals surface area contributed by atoms with Crippen molar-refractivity contribution in [2.45, 2.75) is 43.6 Å². The van der Waals surface area contributed by atoms with Crippen LogP contribution in [-0.2, 0) is 16.6 Å². The molecule has 1 aliphatic heterocycles. The molecule has 21 heavy (non-hydrogen) atoms. The number of ether oxygens (including phenoxy) is 1. The number of likely N-dealkylation sites (tertiary alicyclic amines) is 1. The normalized spacial score (nSPS) is 35.0. The summed E-state index contributed by atoms with van der Waals surface area (Å²) in [5.41, 5.74) is 2.91. The molecule has 0 N–H and O–H groups in total. The lowest BCUT2D eigenvalue weighted by Crippen LogP contribution is -2.60. The van der Waals surface area contributed by atoms with Crippen LogP contribution in [0.4, 0.5) is 0 Å². The van der Waals surface area contributed by atoms with Gasteiger partial charge in [-0.1, -0.05) is 6.07 Å². The molecule has 0 spiro atoms. The monoisotopic (exact) mass is 285 g/mol.